The summed E-state index contributed by atoms with van der Waals surface area (Å²) < 4.78 is 0. The number of benzene rings is 2. The molecule has 0 fully saturated rings. The number of carbonyl (C=O) groups is 1. The molecule has 0 saturated heterocycles. The topological polar surface area (TPSA) is 32.7 Å². The summed E-state index contributed by atoms with van der Waals surface area (Å²) in [7, 11) is 0. The van der Waals surface area contributed by atoms with Crippen LogP contribution in [0.25, 0.3) is 0 Å². The van der Waals surface area contributed by atoms with E-state index in [0.29, 0.717) is 13.1 Å². The quantitative estimate of drug-likeness (QED) is 0.752. The Balaban J connectivity index is 1.91. The van der Waals surface area contributed by atoms with Gasteiger partial charge >= 0.3 is 0 Å². The number of hydrogen-bond donors (Lipinski definition) is 0. The minimum absolute atomic E-state index is 0.105. The molecule has 3 rings (SSSR count). The second-order valence-corrected chi connectivity index (χ2v) is 6.21. The second kappa shape index (κ2) is 5.99. The van der Waals surface area contributed by atoms with Crippen molar-refractivity contribution in [2.24, 2.45) is 4.99 Å². The molecule has 2 aromatic carbocycles. The highest BCUT2D eigenvalue weighted by molar-refractivity contribution is 5.96. The van der Waals surface area contributed by atoms with Gasteiger partial charge in [-0.05, 0) is 67.6 Å². The Kier molecular flexibility index (Phi) is 4.03. The zero-order valence-electron chi connectivity index (χ0n) is 14.2. The summed E-state index contributed by atoms with van der Waals surface area (Å²) in [4.78, 5) is 19.2. The zero-order chi connectivity index (χ0) is 16.6. The fourth-order valence-electron chi connectivity index (χ4n) is 3.21. The van der Waals surface area contributed by atoms with Crippen molar-refractivity contribution in [2.45, 2.75) is 40.8 Å². The fourth-order valence-corrected chi connectivity index (χ4v) is 3.21. The predicted octanol–water partition coefficient (Wildman–Crippen LogP) is 4.49. The summed E-state index contributed by atoms with van der Waals surface area (Å²) in [6, 6.07) is 10.3. The van der Waals surface area contributed by atoms with Crippen LogP contribution in [0, 0.1) is 20.8 Å². The molecule has 118 valence electrons. The van der Waals surface area contributed by atoms with Gasteiger partial charge in [-0.3, -0.25) is 9.79 Å². The van der Waals surface area contributed by atoms with Gasteiger partial charge in [0.1, 0.15) is 0 Å². The van der Waals surface area contributed by atoms with Gasteiger partial charge in [0, 0.05) is 24.9 Å². The Morgan fingerprint density at radius 1 is 1.09 bits per heavy atom. The van der Waals surface area contributed by atoms with Gasteiger partial charge in [0.2, 0.25) is 0 Å². The highest BCUT2D eigenvalue weighted by atomic mass is 16.2. The lowest BCUT2D eigenvalue weighted by Crippen LogP contribution is -2.26. The Labute approximate surface area is 137 Å². The molecule has 0 unspecified atom stereocenters. The fraction of sp³-hybridized carbons (Fsp3) is 0.300. The number of aliphatic imine (C=N–C) groups is 1. The van der Waals surface area contributed by atoms with Crippen molar-refractivity contribution in [3.05, 3.63) is 63.7 Å². The van der Waals surface area contributed by atoms with Gasteiger partial charge in [0.05, 0.1) is 5.69 Å². The van der Waals surface area contributed by atoms with E-state index in [0.717, 1.165) is 22.4 Å². The monoisotopic (exact) mass is 306 g/mol. The number of aryl methyl sites for hydroxylation is 3. The van der Waals surface area contributed by atoms with Crippen molar-refractivity contribution in [1.82, 2.24) is 4.90 Å². The molecule has 2 aromatic rings. The van der Waals surface area contributed by atoms with E-state index < -0.39 is 0 Å². The van der Waals surface area contributed by atoms with E-state index in [-0.39, 0.29) is 5.91 Å². The van der Waals surface area contributed by atoms with Gasteiger partial charge in [0.15, 0.2) is 0 Å². The summed E-state index contributed by atoms with van der Waals surface area (Å²) in [6.07, 6.45) is 1.78. The van der Waals surface area contributed by atoms with Crippen LogP contribution in [0.15, 0.2) is 35.3 Å². The van der Waals surface area contributed by atoms with Gasteiger partial charge in [-0.25, -0.2) is 0 Å². The van der Waals surface area contributed by atoms with E-state index in [2.05, 4.69) is 30.1 Å². The van der Waals surface area contributed by atoms with E-state index in [1.54, 1.807) is 6.21 Å². The first-order valence-corrected chi connectivity index (χ1v) is 7.98. The lowest BCUT2D eigenvalue weighted by molar-refractivity contribution is 0.0750. The lowest BCUT2D eigenvalue weighted by atomic mass is 10.0. The van der Waals surface area contributed by atoms with Gasteiger partial charge in [0.25, 0.3) is 5.91 Å². The molecule has 3 nitrogen and oxygen atoms in total. The van der Waals surface area contributed by atoms with E-state index in [9.17, 15) is 4.79 Å². The Bertz CT molecular complexity index is 806. The largest absolute Gasteiger partial charge is 0.330 e. The van der Waals surface area contributed by atoms with Crippen LogP contribution in [0.5, 0.6) is 0 Å². The summed E-state index contributed by atoms with van der Waals surface area (Å²) in [5.74, 6) is 0.105. The first-order valence-electron chi connectivity index (χ1n) is 7.98. The van der Waals surface area contributed by atoms with E-state index in [1.807, 2.05) is 37.8 Å². The van der Waals surface area contributed by atoms with Crippen molar-refractivity contribution < 1.29 is 4.79 Å². The highest BCUT2D eigenvalue weighted by Gasteiger charge is 2.26. The molecule has 0 saturated carbocycles. The zero-order valence-corrected chi connectivity index (χ0v) is 14.2. The van der Waals surface area contributed by atoms with Crippen LogP contribution in [0.4, 0.5) is 5.69 Å². The molecule has 0 bridgehead atoms. The van der Waals surface area contributed by atoms with Crippen LogP contribution in [-0.4, -0.2) is 17.0 Å². The smallest absolute Gasteiger partial charge is 0.254 e. The van der Waals surface area contributed by atoms with E-state index in [4.69, 9.17) is 0 Å². The second-order valence-electron chi connectivity index (χ2n) is 6.21. The molecule has 0 aromatic heterocycles. The lowest BCUT2D eigenvalue weighted by Gasteiger charge is -2.18. The molecule has 0 aliphatic carbocycles. The number of rotatable bonds is 2. The van der Waals surface area contributed by atoms with E-state index in [1.165, 1.54) is 16.7 Å². The molecule has 0 spiro atoms. The Morgan fingerprint density at radius 3 is 2.57 bits per heavy atom. The molecule has 3 heteroatoms. The maximum absolute atomic E-state index is 13.0. The normalized spacial score (nSPS) is 13.7. The Morgan fingerprint density at radius 2 is 1.87 bits per heavy atom. The van der Waals surface area contributed by atoms with Crippen molar-refractivity contribution >= 4 is 17.8 Å². The van der Waals surface area contributed by atoms with Crippen LogP contribution in [0.2, 0.25) is 0 Å². The summed E-state index contributed by atoms with van der Waals surface area (Å²) in [5.41, 5.74) is 7.55. The number of fused-ring (bicyclic) bond motifs is 1. The molecular formula is C20H22N2O. The number of nitrogens with zero attached hydrogens (tertiary/aromatic N) is 2. The maximum atomic E-state index is 13.0. The first-order chi connectivity index (χ1) is 11.0. The molecule has 23 heavy (non-hydrogen) atoms. The summed E-state index contributed by atoms with van der Waals surface area (Å²) in [5, 5.41) is 0. The molecule has 0 atom stereocenters. The summed E-state index contributed by atoms with van der Waals surface area (Å²) >= 11 is 0. The van der Waals surface area contributed by atoms with Crippen LogP contribution in [0.3, 0.4) is 0 Å². The molecule has 1 aliphatic heterocycles. The standard InChI is InChI=1S/C20H22N2O/c1-5-21-19-10-14(3)17(9-15(19)4)20(23)22-11-16-8-6-7-13(2)18(16)12-22/h5-10H,11-12H2,1-4H3/b21-5+. The molecule has 1 amide bonds. The number of carbonyl (C=O) groups excluding carboxylic acids is 1. The number of hydrogen-bond acceptors (Lipinski definition) is 2. The minimum Gasteiger partial charge on any atom is -0.330 e. The average molecular weight is 306 g/mol. The first kappa shape index (κ1) is 15.5. The molecule has 1 aliphatic rings. The predicted molar refractivity (Wildman–Crippen MR) is 94.5 cm³/mol. The van der Waals surface area contributed by atoms with Crippen molar-refractivity contribution in [3.8, 4) is 0 Å². The van der Waals surface area contributed by atoms with Gasteiger partial charge in [-0.2, -0.15) is 0 Å². The average Bonchev–Trinajstić information content (AvgIpc) is 2.96. The maximum Gasteiger partial charge on any atom is 0.254 e. The SMILES string of the molecule is C/C=N/c1cc(C)c(C(=O)N2Cc3cccc(C)c3C2)cc1C. The molecular weight excluding hydrogens is 284 g/mol. The third-order valence-electron chi connectivity index (χ3n) is 4.55. The molecule has 1 heterocycles. The third kappa shape index (κ3) is 2.79. The van der Waals surface area contributed by atoms with Gasteiger partial charge in [-0.1, -0.05) is 18.2 Å². The number of amides is 1. The third-order valence-corrected chi connectivity index (χ3v) is 4.55. The van der Waals surface area contributed by atoms with Crippen molar-refractivity contribution in [3.63, 3.8) is 0 Å². The molecule has 0 radical (unpaired) electrons. The minimum atomic E-state index is 0.105. The summed E-state index contributed by atoms with van der Waals surface area (Å²) in [6.45, 7) is 9.39. The van der Waals surface area contributed by atoms with E-state index >= 15 is 0 Å². The molecule has 0 N–H and O–H groups in total. The van der Waals surface area contributed by atoms with Crippen LogP contribution < -0.4 is 0 Å². The highest BCUT2D eigenvalue weighted by Crippen LogP contribution is 2.29. The Hall–Kier alpha value is -2.42. The van der Waals surface area contributed by atoms with Crippen molar-refractivity contribution in [2.75, 3.05) is 0 Å². The van der Waals surface area contributed by atoms with Gasteiger partial charge < -0.3 is 4.90 Å². The van der Waals surface area contributed by atoms with Gasteiger partial charge in [-0.15, -0.1) is 0 Å². The van der Waals surface area contributed by atoms with Crippen LogP contribution >= 0.6 is 0 Å². The van der Waals surface area contributed by atoms with Crippen LogP contribution in [0.1, 0.15) is 45.1 Å². The van der Waals surface area contributed by atoms with Crippen LogP contribution in [-0.2, 0) is 13.1 Å². The van der Waals surface area contributed by atoms with Crippen molar-refractivity contribution in [1.29, 1.82) is 0 Å².